The molecular weight excluding hydrogens is 498 g/mol. The van der Waals surface area contributed by atoms with Crippen LogP contribution in [0.25, 0.3) is 0 Å². The number of hydrogen-bond donors (Lipinski definition) is 4. The van der Waals surface area contributed by atoms with Crippen LogP contribution in [0.3, 0.4) is 0 Å². The molecular formula is C27H21NO8S. The van der Waals surface area contributed by atoms with Gasteiger partial charge in [0.05, 0.1) is 11.8 Å². The number of rotatable bonds is 7. The molecule has 1 aliphatic heterocycles. The number of thiocarbonyl (C=S) groups is 1. The van der Waals surface area contributed by atoms with Gasteiger partial charge in [0.1, 0.15) is 0 Å². The third-order valence-electron chi connectivity index (χ3n) is 6.41. The standard InChI is InChI=1S/C27H21NO8S/c29-21(18-10-4-1-5-11-18)24(32)16-36-27(35,28-17-37)26(34,23(31)20-14-8-3-9-15-20)25(24,33)22(30)19-12-6-2-7-13-19/h1-15,32-35H,16H2/t24-,25+,26+,27?/m0/s1. The third kappa shape index (κ3) is 3.79. The molecule has 0 spiro atoms. The second-order valence-corrected chi connectivity index (χ2v) is 8.65. The molecule has 0 aliphatic carbocycles. The van der Waals surface area contributed by atoms with Crippen molar-refractivity contribution in [1.29, 1.82) is 0 Å². The number of benzene rings is 3. The molecule has 10 heteroatoms. The number of isothiocyanates is 1. The van der Waals surface area contributed by atoms with Crippen molar-refractivity contribution in [3.05, 3.63) is 108 Å². The average Bonchev–Trinajstić information content (AvgIpc) is 2.94. The van der Waals surface area contributed by atoms with E-state index in [-0.39, 0.29) is 16.7 Å². The molecule has 4 rings (SSSR count). The van der Waals surface area contributed by atoms with Gasteiger partial charge in [-0.15, -0.1) is 0 Å². The largest absolute Gasteiger partial charge is 0.376 e. The minimum absolute atomic E-state index is 0.175. The van der Waals surface area contributed by atoms with E-state index in [0.29, 0.717) is 0 Å². The van der Waals surface area contributed by atoms with Crippen molar-refractivity contribution in [3.8, 4) is 0 Å². The number of ether oxygens (including phenoxy) is 1. The van der Waals surface area contributed by atoms with Crippen LogP contribution in [0.1, 0.15) is 31.1 Å². The Morgan fingerprint density at radius 3 is 1.46 bits per heavy atom. The van der Waals surface area contributed by atoms with Crippen molar-refractivity contribution < 1.29 is 39.5 Å². The van der Waals surface area contributed by atoms with Crippen LogP contribution in [0, 0.1) is 0 Å². The van der Waals surface area contributed by atoms with Crippen molar-refractivity contribution in [2.45, 2.75) is 22.7 Å². The van der Waals surface area contributed by atoms with Gasteiger partial charge in [-0.25, -0.2) is 0 Å². The van der Waals surface area contributed by atoms with Crippen LogP contribution in [0.5, 0.6) is 0 Å². The van der Waals surface area contributed by atoms with Crippen molar-refractivity contribution in [3.63, 3.8) is 0 Å². The van der Waals surface area contributed by atoms with Gasteiger partial charge >= 0.3 is 5.91 Å². The van der Waals surface area contributed by atoms with Gasteiger partial charge in [0.15, 0.2) is 11.4 Å². The first-order valence-electron chi connectivity index (χ1n) is 11.0. The van der Waals surface area contributed by atoms with Crippen LogP contribution in [-0.2, 0) is 4.74 Å². The molecule has 1 unspecified atom stereocenters. The quantitative estimate of drug-likeness (QED) is 0.207. The summed E-state index contributed by atoms with van der Waals surface area (Å²) in [5, 5.41) is 49.2. The molecule has 37 heavy (non-hydrogen) atoms. The van der Waals surface area contributed by atoms with Gasteiger partial charge in [-0.2, -0.15) is 4.99 Å². The normalized spacial score (nSPS) is 29.1. The number of nitrogens with zero attached hydrogens (tertiary/aromatic N) is 1. The van der Waals surface area contributed by atoms with E-state index in [1.165, 1.54) is 72.8 Å². The maximum atomic E-state index is 14.0. The van der Waals surface area contributed by atoms with Crippen molar-refractivity contribution >= 4 is 34.7 Å². The smallest absolute Gasteiger partial charge is 0.317 e. The van der Waals surface area contributed by atoms with Gasteiger partial charge < -0.3 is 25.2 Å². The average molecular weight is 520 g/mol. The SMILES string of the molecule is O=C(c1ccccc1)[C@@]1(O)[C@@](O)(C(=O)c2ccccc2)COC(O)(N=C=S)[C@@]1(O)C(=O)c1ccccc1. The molecule has 1 saturated heterocycles. The number of carbonyl (C=O) groups excluding carboxylic acids is 3. The lowest BCUT2D eigenvalue weighted by Crippen LogP contribution is -2.87. The first kappa shape index (κ1) is 26.3. The molecule has 188 valence electrons. The summed E-state index contributed by atoms with van der Waals surface area (Å²) in [5.74, 6) is -7.61. The fourth-order valence-corrected chi connectivity index (χ4v) is 4.57. The zero-order valence-corrected chi connectivity index (χ0v) is 20.0. The van der Waals surface area contributed by atoms with Crippen molar-refractivity contribution in [1.82, 2.24) is 0 Å². The van der Waals surface area contributed by atoms with E-state index < -0.39 is 46.7 Å². The zero-order chi connectivity index (χ0) is 26.9. The second kappa shape index (κ2) is 9.62. The molecule has 0 amide bonds. The minimum atomic E-state index is -3.79. The summed E-state index contributed by atoms with van der Waals surface area (Å²) in [6, 6.07) is 20.8. The van der Waals surface area contributed by atoms with Gasteiger partial charge in [-0.05, 0) is 12.2 Å². The molecule has 9 nitrogen and oxygen atoms in total. The van der Waals surface area contributed by atoms with Gasteiger partial charge in [-0.3, -0.25) is 14.4 Å². The first-order valence-corrected chi connectivity index (χ1v) is 11.4. The number of carbonyl (C=O) groups is 3. The van der Waals surface area contributed by atoms with E-state index in [2.05, 4.69) is 17.2 Å². The highest BCUT2D eigenvalue weighted by Crippen LogP contribution is 2.50. The van der Waals surface area contributed by atoms with Crippen LogP contribution in [0.15, 0.2) is 96.0 Å². The second-order valence-electron chi connectivity index (χ2n) is 8.47. The fraction of sp³-hybridized carbons (Fsp3) is 0.185. The molecule has 1 fully saturated rings. The Kier molecular flexibility index (Phi) is 6.85. The molecule has 3 aromatic rings. The van der Waals surface area contributed by atoms with Crippen LogP contribution >= 0.6 is 12.2 Å². The number of aliphatic hydroxyl groups is 4. The van der Waals surface area contributed by atoms with Crippen LogP contribution < -0.4 is 0 Å². The first-order chi connectivity index (χ1) is 17.6. The van der Waals surface area contributed by atoms with Crippen molar-refractivity contribution in [2.24, 2.45) is 4.99 Å². The lowest BCUT2D eigenvalue weighted by atomic mass is 9.59. The number of aliphatic imine (C=N–C) groups is 1. The Morgan fingerprint density at radius 1 is 0.676 bits per heavy atom. The predicted molar refractivity (Wildman–Crippen MR) is 133 cm³/mol. The lowest BCUT2D eigenvalue weighted by molar-refractivity contribution is -0.371. The Balaban J connectivity index is 2.08. The maximum absolute atomic E-state index is 14.0. The molecule has 1 heterocycles. The molecule has 3 aromatic carbocycles. The van der Waals surface area contributed by atoms with Crippen LogP contribution in [0.2, 0.25) is 0 Å². The van der Waals surface area contributed by atoms with E-state index in [1.54, 1.807) is 23.4 Å². The summed E-state index contributed by atoms with van der Waals surface area (Å²) >= 11 is 4.55. The van der Waals surface area contributed by atoms with Gasteiger partial charge in [0.2, 0.25) is 22.8 Å². The lowest BCUT2D eigenvalue weighted by Gasteiger charge is -2.56. The Hall–Kier alpha value is -3.73. The summed E-state index contributed by atoms with van der Waals surface area (Å²) < 4.78 is 5.21. The third-order valence-corrected chi connectivity index (χ3v) is 6.51. The highest BCUT2D eigenvalue weighted by atomic mass is 32.1. The Morgan fingerprint density at radius 2 is 1.05 bits per heavy atom. The van der Waals surface area contributed by atoms with E-state index in [1.807, 2.05) is 0 Å². The van der Waals surface area contributed by atoms with Crippen LogP contribution in [0.4, 0.5) is 0 Å². The zero-order valence-electron chi connectivity index (χ0n) is 19.1. The number of hydrogen-bond acceptors (Lipinski definition) is 10. The Labute approximate surface area is 216 Å². The summed E-state index contributed by atoms with van der Waals surface area (Å²) in [6.45, 7) is -1.25. The maximum Gasteiger partial charge on any atom is 0.317 e. The van der Waals surface area contributed by atoms with Crippen LogP contribution in [-0.4, -0.2) is 72.3 Å². The monoisotopic (exact) mass is 519 g/mol. The van der Waals surface area contributed by atoms with E-state index in [4.69, 9.17) is 4.74 Å². The summed E-state index contributed by atoms with van der Waals surface area (Å²) in [5.41, 5.74) is -11.6. The number of ketones is 3. The van der Waals surface area contributed by atoms with E-state index >= 15 is 0 Å². The molecule has 0 saturated carbocycles. The minimum Gasteiger partial charge on any atom is -0.376 e. The molecule has 1 aliphatic rings. The molecule has 0 aromatic heterocycles. The summed E-state index contributed by atoms with van der Waals surface area (Å²) in [6.07, 6.45) is 0. The molecule has 4 N–H and O–H groups in total. The molecule has 4 atom stereocenters. The predicted octanol–water partition coefficient (Wildman–Crippen LogP) is 1.61. The van der Waals surface area contributed by atoms with Gasteiger partial charge in [-0.1, -0.05) is 91.0 Å². The highest BCUT2D eigenvalue weighted by Gasteiger charge is 2.82. The van der Waals surface area contributed by atoms with Gasteiger partial charge in [0, 0.05) is 16.7 Å². The highest BCUT2D eigenvalue weighted by molar-refractivity contribution is 7.78. The summed E-state index contributed by atoms with van der Waals surface area (Å²) in [4.78, 5) is 44.9. The fourth-order valence-electron chi connectivity index (χ4n) is 4.44. The Bertz CT molecular complexity index is 1400. The summed E-state index contributed by atoms with van der Waals surface area (Å²) in [7, 11) is 0. The van der Waals surface area contributed by atoms with E-state index in [0.717, 1.165) is 0 Å². The van der Waals surface area contributed by atoms with Crippen molar-refractivity contribution in [2.75, 3.05) is 6.61 Å². The molecule has 0 radical (unpaired) electrons. The van der Waals surface area contributed by atoms with Gasteiger partial charge in [0.25, 0.3) is 0 Å². The molecule has 0 bridgehead atoms. The van der Waals surface area contributed by atoms with E-state index in [9.17, 15) is 34.8 Å². The number of Topliss-reactive ketones (excluding diaryl/α,β-unsaturated/α-hetero) is 3. The topological polar surface area (TPSA) is 154 Å².